The van der Waals surface area contributed by atoms with Gasteiger partial charge in [-0.2, -0.15) is 0 Å². The number of para-hydroxylation sites is 1. The van der Waals surface area contributed by atoms with Gasteiger partial charge in [0.05, 0.1) is 10.2 Å². The molecule has 0 unspecified atom stereocenters. The van der Waals surface area contributed by atoms with Crippen LogP contribution in [0.5, 0.6) is 0 Å². The van der Waals surface area contributed by atoms with E-state index in [0.29, 0.717) is 12.1 Å². The highest BCUT2D eigenvalue weighted by Gasteiger charge is 2.21. The van der Waals surface area contributed by atoms with Gasteiger partial charge in [-0.15, -0.1) is 11.8 Å². The van der Waals surface area contributed by atoms with Crippen molar-refractivity contribution in [1.82, 2.24) is 9.88 Å². The number of carbonyl (C=O) groups excluding carboxylic acids is 1. The summed E-state index contributed by atoms with van der Waals surface area (Å²) in [5, 5.41) is 0.766. The van der Waals surface area contributed by atoms with Crippen LogP contribution in [-0.2, 0) is 0 Å². The highest BCUT2D eigenvalue weighted by molar-refractivity contribution is 7.98. The average molecular weight is 400 g/mol. The molecule has 1 heterocycles. The number of benzene rings is 2. The van der Waals surface area contributed by atoms with Crippen molar-refractivity contribution in [3.8, 4) is 0 Å². The lowest BCUT2D eigenvalue weighted by molar-refractivity contribution is 0.0983. The lowest BCUT2D eigenvalue weighted by Gasteiger charge is -2.24. The van der Waals surface area contributed by atoms with Gasteiger partial charge in [0.1, 0.15) is 0 Å². The van der Waals surface area contributed by atoms with Gasteiger partial charge in [-0.3, -0.25) is 9.69 Å². The molecule has 4 nitrogen and oxygen atoms in total. The van der Waals surface area contributed by atoms with Gasteiger partial charge in [0.2, 0.25) is 0 Å². The number of thioether (sulfide) groups is 1. The number of hydrogen-bond donors (Lipinski definition) is 0. The molecule has 3 rings (SSSR count). The van der Waals surface area contributed by atoms with Crippen LogP contribution in [0.3, 0.4) is 0 Å². The molecule has 0 atom stereocenters. The molecule has 27 heavy (non-hydrogen) atoms. The Morgan fingerprint density at radius 1 is 1.04 bits per heavy atom. The topological polar surface area (TPSA) is 36.4 Å². The number of amides is 1. The fourth-order valence-electron chi connectivity index (χ4n) is 2.93. The maximum Gasteiger partial charge on any atom is 0.260 e. The molecule has 0 bridgehead atoms. The van der Waals surface area contributed by atoms with Crippen LogP contribution < -0.4 is 4.90 Å². The minimum absolute atomic E-state index is 0.00821. The number of thiazole rings is 1. The smallest absolute Gasteiger partial charge is 0.260 e. The summed E-state index contributed by atoms with van der Waals surface area (Å²) in [6, 6.07) is 15.9. The third-order valence-corrected chi connectivity index (χ3v) is 6.43. The standard InChI is InChI=1S/C21H25N3OS2/c1-4-23(5-2)14-15-24(20(25)16-10-12-17(26-3)13-11-16)21-22-18-8-6-7-9-19(18)27-21/h6-13H,4-5,14-15H2,1-3H3. The number of nitrogens with zero attached hydrogens (tertiary/aromatic N) is 3. The zero-order valence-electron chi connectivity index (χ0n) is 16.0. The van der Waals surface area contributed by atoms with Gasteiger partial charge >= 0.3 is 0 Å². The van der Waals surface area contributed by atoms with E-state index >= 15 is 0 Å². The summed E-state index contributed by atoms with van der Waals surface area (Å²) in [7, 11) is 0. The number of anilines is 1. The summed E-state index contributed by atoms with van der Waals surface area (Å²) >= 11 is 3.25. The van der Waals surface area contributed by atoms with Crippen LogP contribution in [-0.4, -0.2) is 48.2 Å². The van der Waals surface area contributed by atoms with Crippen LogP contribution in [0.1, 0.15) is 24.2 Å². The maximum atomic E-state index is 13.3. The Bertz CT molecular complexity index is 855. The number of aromatic nitrogens is 1. The lowest BCUT2D eigenvalue weighted by Crippen LogP contribution is -2.38. The minimum Gasteiger partial charge on any atom is -0.302 e. The van der Waals surface area contributed by atoms with Crippen molar-refractivity contribution in [2.45, 2.75) is 18.7 Å². The minimum atomic E-state index is 0.00821. The molecule has 3 aromatic rings. The van der Waals surface area contributed by atoms with E-state index < -0.39 is 0 Å². The number of carbonyl (C=O) groups is 1. The Kier molecular flexibility index (Phi) is 6.88. The largest absolute Gasteiger partial charge is 0.302 e. The van der Waals surface area contributed by atoms with Gasteiger partial charge in [0.25, 0.3) is 5.91 Å². The van der Waals surface area contributed by atoms with Crippen molar-refractivity contribution in [3.63, 3.8) is 0 Å². The van der Waals surface area contributed by atoms with Crippen molar-refractivity contribution >= 4 is 44.4 Å². The van der Waals surface area contributed by atoms with Crippen molar-refractivity contribution < 1.29 is 4.79 Å². The fourth-order valence-corrected chi connectivity index (χ4v) is 4.33. The molecule has 142 valence electrons. The Morgan fingerprint density at radius 3 is 2.37 bits per heavy atom. The zero-order chi connectivity index (χ0) is 19.2. The van der Waals surface area contributed by atoms with Gasteiger partial charge in [-0.05, 0) is 55.7 Å². The highest BCUT2D eigenvalue weighted by Crippen LogP contribution is 2.29. The van der Waals surface area contributed by atoms with E-state index in [1.165, 1.54) is 0 Å². The number of fused-ring (bicyclic) bond motifs is 1. The van der Waals surface area contributed by atoms with Gasteiger partial charge in [-0.1, -0.05) is 37.3 Å². The van der Waals surface area contributed by atoms with E-state index in [0.717, 1.165) is 39.9 Å². The normalized spacial score (nSPS) is 11.3. The maximum absolute atomic E-state index is 13.3. The number of rotatable bonds is 8. The molecule has 0 saturated carbocycles. The monoisotopic (exact) mass is 399 g/mol. The van der Waals surface area contributed by atoms with E-state index in [9.17, 15) is 4.79 Å². The molecule has 2 aromatic carbocycles. The summed E-state index contributed by atoms with van der Waals surface area (Å²) in [6.07, 6.45) is 2.04. The van der Waals surface area contributed by atoms with E-state index in [2.05, 4.69) is 24.8 Å². The van der Waals surface area contributed by atoms with Crippen molar-refractivity contribution in [2.24, 2.45) is 0 Å². The molecule has 1 aromatic heterocycles. The van der Waals surface area contributed by atoms with Crippen molar-refractivity contribution in [2.75, 3.05) is 37.3 Å². The van der Waals surface area contributed by atoms with Crippen molar-refractivity contribution in [1.29, 1.82) is 0 Å². The number of hydrogen-bond acceptors (Lipinski definition) is 5. The van der Waals surface area contributed by atoms with Crippen molar-refractivity contribution in [3.05, 3.63) is 54.1 Å². The summed E-state index contributed by atoms with van der Waals surface area (Å²) in [5.41, 5.74) is 1.64. The van der Waals surface area contributed by atoms with Crippen LogP contribution in [0.4, 0.5) is 5.13 Å². The predicted molar refractivity (Wildman–Crippen MR) is 117 cm³/mol. The molecule has 6 heteroatoms. The van der Waals surface area contributed by atoms with Gasteiger partial charge < -0.3 is 4.90 Å². The summed E-state index contributed by atoms with van der Waals surface area (Å²) in [6.45, 7) is 7.70. The predicted octanol–water partition coefficient (Wildman–Crippen LogP) is 5.01. The molecule has 0 fully saturated rings. The molecule has 0 aliphatic carbocycles. The third kappa shape index (κ3) is 4.69. The van der Waals surface area contributed by atoms with Crippen LogP contribution in [0.15, 0.2) is 53.4 Å². The first kappa shape index (κ1) is 19.9. The van der Waals surface area contributed by atoms with Gasteiger partial charge in [0, 0.05) is 23.5 Å². The SMILES string of the molecule is CCN(CC)CCN(C(=O)c1ccc(SC)cc1)c1nc2ccccc2s1. The summed E-state index contributed by atoms with van der Waals surface area (Å²) < 4.78 is 1.10. The zero-order valence-corrected chi connectivity index (χ0v) is 17.6. The Morgan fingerprint density at radius 2 is 1.74 bits per heavy atom. The molecule has 1 amide bonds. The first-order valence-corrected chi connectivity index (χ1v) is 11.2. The van der Waals surface area contributed by atoms with Crippen LogP contribution in [0, 0.1) is 0 Å². The van der Waals surface area contributed by atoms with E-state index in [4.69, 9.17) is 4.98 Å². The first-order chi connectivity index (χ1) is 13.2. The second-order valence-corrected chi connectivity index (χ2v) is 8.07. The fraction of sp³-hybridized carbons (Fsp3) is 0.333. The lowest BCUT2D eigenvalue weighted by atomic mass is 10.2. The summed E-state index contributed by atoms with van der Waals surface area (Å²) in [4.78, 5) is 23.3. The Labute approximate surface area is 169 Å². The molecule has 0 aliphatic rings. The summed E-state index contributed by atoms with van der Waals surface area (Å²) in [5.74, 6) is 0.00821. The third-order valence-electron chi connectivity index (χ3n) is 4.63. The van der Waals surface area contributed by atoms with E-state index in [1.807, 2.05) is 53.6 Å². The van der Waals surface area contributed by atoms with Crippen LogP contribution in [0.25, 0.3) is 10.2 Å². The molecule has 0 aliphatic heterocycles. The molecule has 0 saturated heterocycles. The molecule has 0 radical (unpaired) electrons. The number of likely N-dealkylation sites (N-methyl/N-ethyl adjacent to an activating group) is 1. The molecule has 0 spiro atoms. The highest BCUT2D eigenvalue weighted by atomic mass is 32.2. The second-order valence-electron chi connectivity index (χ2n) is 6.18. The Hall–Kier alpha value is -1.89. The Balaban J connectivity index is 1.91. The second kappa shape index (κ2) is 9.35. The van der Waals surface area contributed by atoms with E-state index in [1.54, 1.807) is 23.1 Å². The molecular weight excluding hydrogens is 374 g/mol. The molecular formula is C21H25N3OS2. The molecule has 0 N–H and O–H groups in total. The van der Waals surface area contributed by atoms with Crippen LogP contribution in [0.2, 0.25) is 0 Å². The van der Waals surface area contributed by atoms with Crippen LogP contribution >= 0.6 is 23.1 Å². The van der Waals surface area contributed by atoms with Gasteiger partial charge in [0.15, 0.2) is 5.13 Å². The van der Waals surface area contributed by atoms with Gasteiger partial charge in [-0.25, -0.2) is 4.98 Å². The average Bonchev–Trinajstić information content (AvgIpc) is 3.14. The van der Waals surface area contributed by atoms with E-state index in [-0.39, 0.29) is 5.91 Å². The first-order valence-electron chi connectivity index (χ1n) is 9.20. The quantitative estimate of drug-likeness (QED) is 0.499.